The lowest BCUT2D eigenvalue weighted by Crippen LogP contribution is -2.54. The molecule has 1 heterocycles. The molecule has 3 heteroatoms. The fourth-order valence-corrected chi connectivity index (χ4v) is 1.45. The number of morpholine rings is 1. The van der Waals surface area contributed by atoms with Crippen LogP contribution in [0.5, 0.6) is 0 Å². The number of rotatable bonds is 2. The standard InChI is InChI=1S/C9H17NO2/c1-8(11)6-10-4-5-12-7-9(10,2)3/h4-7H2,1-3H3. The van der Waals surface area contributed by atoms with E-state index in [9.17, 15) is 4.79 Å². The Hall–Kier alpha value is -0.410. The third-order valence-corrected chi connectivity index (χ3v) is 2.23. The molecule has 0 amide bonds. The Morgan fingerprint density at radius 1 is 1.58 bits per heavy atom. The smallest absolute Gasteiger partial charge is 0.143 e. The Morgan fingerprint density at radius 2 is 2.25 bits per heavy atom. The summed E-state index contributed by atoms with van der Waals surface area (Å²) in [6.45, 7) is 8.73. The summed E-state index contributed by atoms with van der Waals surface area (Å²) in [6.07, 6.45) is 0. The fourth-order valence-electron chi connectivity index (χ4n) is 1.45. The van der Waals surface area contributed by atoms with Crippen LogP contribution in [0.4, 0.5) is 0 Å². The number of carbonyl (C=O) groups is 1. The molecule has 1 saturated heterocycles. The number of ketones is 1. The van der Waals surface area contributed by atoms with Crippen molar-refractivity contribution >= 4 is 5.78 Å². The molecule has 0 aromatic carbocycles. The van der Waals surface area contributed by atoms with Gasteiger partial charge in [-0.15, -0.1) is 0 Å². The van der Waals surface area contributed by atoms with Gasteiger partial charge in [-0.3, -0.25) is 9.69 Å². The normalized spacial score (nSPS) is 23.9. The predicted molar refractivity (Wildman–Crippen MR) is 47.2 cm³/mol. The third-order valence-electron chi connectivity index (χ3n) is 2.23. The van der Waals surface area contributed by atoms with Crippen molar-refractivity contribution in [3.63, 3.8) is 0 Å². The second kappa shape index (κ2) is 3.54. The van der Waals surface area contributed by atoms with E-state index in [-0.39, 0.29) is 11.3 Å². The average Bonchev–Trinajstić information content (AvgIpc) is 1.92. The van der Waals surface area contributed by atoms with E-state index >= 15 is 0 Å². The molecular weight excluding hydrogens is 154 g/mol. The summed E-state index contributed by atoms with van der Waals surface area (Å²) in [5.41, 5.74) is 0.0178. The number of hydrogen-bond acceptors (Lipinski definition) is 3. The van der Waals surface area contributed by atoms with Crippen LogP contribution in [-0.2, 0) is 9.53 Å². The summed E-state index contributed by atoms with van der Waals surface area (Å²) in [5, 5.41) is 0. The predicted octanol–water partition coefficient (Wildman–Crippen LogP) is 0.686. The van der Waals surface area contributed by atoms with Gasteiger partial charge in [-0.25, -0.2) is 0 Å². The van der Waals surface area contributed by atoms with Crippen molar-refractivity contribution in [1.82, 2.24) is 4.90 Å². The van der Waals surface area contributed by atoms with Crippen LogP contribution >= 0.6 is 0 Å². The largest absolute Gasteiger partial charge is 0.378 e. The summed E-state index contributed by atoms with van der Waals surface area (Å²) in [5.74, 6) is 0.227. The lowest BCUT2D eigenvalue weighted by molar-refractivity contribution is -0.123. The summed E-state index contributed by atoms with van der Waals surface area (Å²) in [7, 11) is 0. The van der Waals surface area contributed by atoms with Crippen molar-refractivity contribution in [2.24, 2.45) is 0 Å². The first-order valence-corrected chi connectivity index (χ1v) is 4.34. The molecule has 0 radical (unpaired) electrons. The Balaban J connectivity index is 2.54. The van der Waals surface area contributed by atoms with Crippen LogP contribution in [0.15, 0.2) is 0 Å². The molecule has 3 nitrogen and oxygen atoms in total. The first-order valence-electron chi connectivity index (χ1n) is 4.34. The molecule has 0 aliphatic carbocycles. The molecule has 0 bridgehead atoms. The Labute approximate surface area is 73.7 Å². The number of ether oxygens (including phenoxy) is 1. The highest BCUT2D eigenvalue weighted by Gasteiger charge is 2.30. The van der Waals surface area contributed by atoms with E-state index in [4.69, 9.17) is 4.74 Å². The maximum absolute atomic E-state index is 10.9. The molecule has 0 aromatic rings. The van der Waals surface area contributed by atoms with Crippen molar-refractivity contribution in [3.05, 3.63) is 0 Å². The second-order valence-electron chi connectivity index (χ2n) is 3.99. The van der Waals surface area contributed by atoms with Crippen LogP contribution in [0.3, 0.4) is 0 Å². The van der Waals surface area contributed by atoms with Crippen LogP contribution in [0, 0.1) is 0 Å². The highest BCUT2D eigenvalue weighted by atomic mass is 16.5. The molecule has 0 atom stereocenters. The molecule has 0 spiro atoms. The zero-order chi connectivity index (χ0) is 9.19. The zero-order valence-corrected chi connectivity index (χ0v) is 8.09. The topological polar surface area (TPSA) is 29.5 Å². The fraction of sp³-hybridized carbons (Fsp3) is 0.889. The highest BCUT2D eigenvalue weighted by Crippen LogP contribution is 2.17. The lowest BCUT2D eigenvalue weighted by Gasteiger charge is -2.41. The molecular formula is C9H17NO2. The van der Waals surface area contributed by atoms with Gasteiger partial charge in [0.05, 0.1) is 19.8 Å². The van der Waals surface area contributed by atoms with Crippen molar-refractivity contribution in [1.29, 1.82) is 0 Å². The minimum atomic E-state index is 0.0178. The van der Waals surface area contributed by atoms with Gasteiger partial charge in [0.25, 0.3) is 0 Å². The SMILES string of the molecule is CC(=O)CN1CCOCC1(C)C. The molecule has 1 aliphatic heterocycles. The quantitative estimate of drug-likeness (QED) is 0.612. The maximum Gasteiger partial charge on any atom is 0.143 e. The van der Waals surface area contributed by atoms with E-state index in [2.05, 4.69) is 18.7 Å². The number of hydrogen-bond donors (Lipinski definition) is 0. The molecule has 70 valence electrons. The monoisotopic (exact) mass is 171 g/mol. The number of nitrogens with zero attached hydrogens (tertiary/aromatic N) is 1. The van der Waals surface area contributed by atoms with E-state index in [1.165, 1.54) is 0 Å². The van der Waals surface area contributed by atoms with Gasteiger partial charge in [0, 0.05) is 12.1 Å². The molecule has 12 heavy (non-hydrogen) atoms. The van der Waals surface area contributed by atoms with Crippen molar-refractivity contribution in [3.8, 4) is 0 Å². The van der Waals surface area contributed by atoms with Crippen LogP contribution in [-0.4, -0.2) is 42.5 Å². The molecule has 0 saturated carbocycles. The van der Waals surface area contributed by atoms with Crippen LogP contribution < -0.4 is 0 Å². The van der Waals surface area contributed by atoms with Gasteiger partial charge in [0.15, 0.2) is 0 Å². The van der Waals surface area contributed by atoms with E-state index in [1.54, 1.807) is 6.92 Å². The van der Waals surface area contributed by atoms with Crippen molar-refractivity contribution in [2.75, 3.05) is 26.3 Å². The van der Waals surface area contributed by atoms with Crippen molar-refractivity contribution < 1.29 is 9.53 Å². The van der Waals surface area contributed by atoms with Gasteiger partial charge in [-0.05, 0) is 20.8 Å². The Kier molecular flexibility index (Phi) is 2.85. The van der Waals surface area contributed by atoms with E-state index in [0.717, 1.165) is 19.8 Å². The van der Waals surface area contributed by atoms with Gasteiger partial charge in [-0.2, -0.15) is 0 Å². The zero-order valence-electron chi connectivity index (χ0n) is 8.09. The number of carbonyl (C=O) groups excluding carboxylic acids is 1. The molecule has 1 rings (SSSR count). The van der Waals surface area contributed by atoms with Gasteiger partial charge in [0.1, 0.15) is 5.78 Å². The summed E-state index contributed by atoms with van der Waals surface area (Å²) < 4.78 is 5.34. The summed E-state index contributed by atoms with van der Waals surface area (Å²) >= 11 is 0. The first kappa shape index (κ1) is 9.68. The Bertz CT molecular complexity index is 177. The minimum Gasteiger partial charge on any atom is -0.378 e. The summed E-state index contributed by atoms with van der Waals surface area (Å²) in [6, 6.07) is 0. The van der Waals surface area contributed by atoms with Crippen LogP contribution in [0.2, 0.25) is 0 Å². The maximum atomic E-state index is 10.9. The highest BCUT2D eigenvalue weighted by molar-refractivity contribution is 5.77. The van der Waals surface area contributed by atoms with E-state index in [0.29, 0.717) is 6.54 Å². The minimum absolute atomic E-state index is 0.0178. The average molecular weight is 171 g/mol. The van der Waals surface area contributed by atoms with Gasteiger partial charge < -0.3 is 4.74 Å². The summed E-state index contributed by atoms with van der Waals surface area (Å²) in [4.78, 5) is 13.1. The number of Topliss-reactive ketones (excluding diaryl/α,β-unsaturated/α-hetero) is 1. The van der Waals surface area contributed by atoms with Crippen LogP contribution in [0.1, 0.15) is 20.8 Å². The molecule has 1 aliphatic rings. The second-order valence-corrected chi connectivity index (χ2v) is 3.99. The van der Waals surface area contributed by atoms with Crippen LogP contribution in [0.25, 0.3) is 0 Å². The Morgan fingerprint density at radius 3 is 2.75 bits per heavy atom. The van der Waals surface area contributed by atoms with Gasteiger partial charge in [-0.1, -0.05) is 0 Å². The van der Waals surface area contributed by atoms with E-state index < -0.39 is 0 Å². The van der Waals surface area contributed by atoms with E-state index in [1.807, 2.05) is 0 Å². The lowest BCUT2D eigenvalue weighted by atomic mass is 10.0. The van der Waals surface area contributed by atoms with Gasteiger partial charge in [0.2, 0.25) is 0 Å². The molecule has 0 unspecified atom stereocenters. The molecule has 0 N–H and O–H groups in total. The first-order chi connectivity index (χ1) is 5.52. The molecule has 1 fully saturated rings. The van der Waals surface area contributed by atoms with Gasteiger partial charge >= 0.3 is 0 Å². The molecule has 0 aromatic heterocycles. The third kappa shape index (κ3) is 2.29. The van der Waals surface area contributed by atoms with Crippen molar-refractivity contribution in [2.45, 2.75) is 26.3 Å².